The molecule has 0 radical (unpaired) electrons. The van der Waals surface area contributed by atoms with Gasteiger partial charge in [-0.05, 0) is 23.5 Å². The number of benzene rings is 1. The van der Waals surface area contributed by atoms with E-state index in [1.54, 1.807) is 6.07 Å². The monoisotopic (exact) mass is 223 g/mol. The van der Waals surface area contributed by atoms with Crippen molar-refractivity contribution >= 4 is 5.69 Å². The van der Waals surface area contributed by atoms with E-state index in [0.717, 1.165) is 12.0 Å². The summed E-state index contributed by atoms with van der Waals surface area (Å²) in [5.74, 6) is 0.587. The fraction of sp³-hybridized carbons (Fsp3) is 0.500. The summed E-state index contributed by atoms with van der Waals surface area (Å²) in [5.41, 5.74) is 1.19. The lowest BCUT2D eigenvalue weighted by Gasteiger charge is -2.19. The van der Waals surface area contributed by atoms with Gasteiger partial charge in [-0.25, -0.2) is 0 Å². The van der Waals surface area contributed by atoms with E-state index in [1.165, 1.54) is 19.2 Å². The van der Waals surface area contributed by atoms with Gasteiger partial charge in [-0.2, -0.15) is 0 Å². The molecule has 16 heavy (non-hydrogen) atoms. The number of rotatable bonds is 3. The van der Waals surface area contributed by atoms with Crippen molar-refractivity contribution < 1.29 is 9.66 Å². The molecule has 88 valence electrons. The molecule has 0 aliphatic carbocycles. The summed E-state index contributed by atoms with van der Waals surface area (Å²) in [6, 6.07) is 4.76. The summed E-state index contributed by atoms with van der Waals surface area (Å²) in [4.78, 5) is 10.2. The van der Waals surface area contributed by atoms with E-state index in [9.17, 15) is 10.1 Å². The summed E-state index contributed by atoms with van der Waals surface area (Å²) in [7, 11) is 1.53. The highest BCUT2D eigenvalue weighted by atomic mass is 16.6. The molecule has 0 bridgehead atoms. The Morgan fingerprint density at radius 2 is 2.00 bits per heavy atom. The Labute approximate surface area is 95.4 Å². The molecular formula is C12H17NO3. The second-order valence-electron chi connectivity index (χ2n) is 4.99. The molecular weight excluding hydrogens is 206 g/mol. The van der Waals surface area contributed by atoms with Crippen molar-refractivity contribution in [3.8, 4) is 5.75 Å². The highest BCUT2D eigenvalue weighted by Gasteiger charge is 2.17. The Morgan fingerprint density at radius 1 is 1.38 bits per heavy atom. The molecule has 0 N–H and O–H groups in total. The van der Waals surface area contributed by atoms with Gasteiger partial charge in [-0.1, -0.05) is 20.8 Å². The number of ether oxygens (including phenoxy) is 1. The van der Waals surface area contributed by atoms with Gasteiger partial charge in [-0.15, -0.1) is 0 Å². The zero-order valence-electron chi connectivity index (χ0n) is 10.1. The normalized spacial score (nSPS) is 11.2. The van der Waals surface area contributed by atoms with Crippen LogP contribution in [0.4, 0.5) is 5.69 Å². The SMILES string of the molecule is COc1cc([N+](=O)[O-])ccc1CC(C)(C)C. The zero-order chi connectivity index (χ0) is 12.3. The number of hydrogen-bond donors (Lipinski definition) is 0. The predicted molar refractivity (Wildman–Crippen MR) is 62.8 cm³/mol. The fourth-order valence-corrected chi connectivity index (χ4v) is 1.56. The zero-order valence-corrected chi connectivity index (χ0v) is 10.1. The number of nitro groups is 1. The van der Waals surface area contributed by atoms with Gasteiger partial charge < -0.3 is 4.74 Å². The van der Waals surface area contributed by atoms with Gasteiger partial charge in [0.1, 0.15) is 5.75 Å². The van der Waals surface area contributed by atoms with Crippen LogP contribution in [0.5, 0.6) is 5.75 Å². The molecule has 0 saturated carbocycles. The molecule has 1 aromatic rings. The van der Waals surface area contributed by atoms with Crippen molar-refractivity contribution in [1.29, 1.82) is 0 Å². The van der Waals surface area contributed by atoms with E-state index in [1.807, 2.05) is 0 Å². The first-order valence-corrected chi connectivity index (χ1v) is 5.15. The first kappa shape index (κ1) is 12.5. The van der Waals surface area contributed by atoms with Gasteiger partial charge in [-0.3, -0.25) is 10.1 Å². The molecule has 0 aromatic heterocycles. The van der Waals surface area contributed by atoms with E-state index in [4.69, 9.17) is 4.74 Å². The summed E-state index contributed by atoms with van der Waals surface area (Å²) in [6.45, 7) is 6.36. The maximum Gasteiger partial charge on any atom is 0.273 e. The molecule has 1 rings (SSSR count). The van der Waals surface area contributed by atoms with Crippen LogP contribution in [-0.2, 0) is 6.42 Å². The molecule has 0 aliphatic heterocycles. The van der Waals surface area contributed by atoms with E-state index in [0.29, 0.717) is 5.75 Å². The van der Waals surface area contributed by atoms with Gasteiger partial charge in [0.2, 0.25) is 0 Å². The molecule has 0 heterocycles. The highest BCUT2D eigenvalue weighted by molar-refractivity contribution is 5.44. The molecule has 0 atom stereocenters. The van der Waals surface area contributed by atoms with Crippen LogP contribution in [0.3, 0.4) is 0 Å². The smallest absolute Gasteiger partial charge is 0.273 e. The minimum atomic E-state index is -0.413. The van der Waals surface area contributed by atoms with Gasteiger partial charge >= 0.3 is 0 Å². The van der Waals surface area contributed by atoms with Crippen molar-refractivity contribution in [1.82, 2.24) is 0 Å². The summed E-state index contributed by atoms with van der Waals surface area (Å²) >= 11 is 0. The average molecular weight is 223 g/mol. The van der Waals surface area contributed by atoms with Crippen LogP contribution in [0.2, 0.25) is 0 Å². The summed E-state index contributed by atoms with van der Waals surface area (Å²) < 4.78 is 5.18. The van der Waals surface area contributed by atoms with Crippen LogP contribution < -0.4 is 4.74 Å². The maximum absolute atomic E-state index is 10.6. The molecule has 4 nitrogen and oxygen atoms in total. The van der Waals surface area contributed by atoms with E-state index >= 15 is 0 Å². The molecule has 0 aliphatic rings. The fourth-order valence-electron chi connectivity index (χ4n) is 1.56. The van der Waals surface area contributed by atoms with Gasteiger partial charge in [0.25, 0.3) is 5.69 Å². The Morgan fingerprint density at radius 3 is 2.44 bits per heavy atom. The third-order valence-corrected chi connectivity index (χ3v) is 2.20. The van der Waals surface area contributed by atoms with Crippen molar-refractivity contribution in [2.75, 3.05) is 7.11 Å². The third kappa shape index (κ3) is 3.22. The first-order valence-electron chi connectivity index (χ1n) is 5.15. The van der Waals surface area contributed by atoms with Gasteiger partial charge in [0, 0.05) is 6.07 Å². The van der Waals surface area contributed by atoms with Crippen molar-refractivity contribution in [3.63, 3.8) is 0 Å². The predicted octanol–water partition coefficient (Wildman–Crippen LogP) is 3.19. The van der Waals surface area contributed by atoms with E-state index < -0.39 is 4.92 Å². The Kier molecular flexibility index (Phi) is 3.52. The maximum atomic E-state index is 10.6. The molecule has 1 aromatic carbocycles. The minimum Gasteiger partial charge on any atom is -0.496 e. The van der Waals surface area contributed by atoms with Crippen LogP contribution in [0, 0.1) is 15.5 Å². The van der Waals surface area contributed by atoms with Crippen LogP contribution in [0.25, 0.3) is 0 Å². The average Bonchev–Trinajstić information content (AvgIpc) is 2.15. The van der Waals surface area contributed by atoms with E-state index in [-0.39, 0.29) is 11.1 Å². The summed E-state index contributed by atoms with van der Waals surface area (Å²) in [5, 5.41) is 10.6. The molecule has 0 fully saturated rings. The number of hydrogen-bond acceptors (Lipinski definition) is 3. The Hall–Kier alpha value is -1.58. The Balaban J connectivity index is 3.07. The Bertz CT molecular complexity index is 394. The molecule has 0 amide bonds. The summed E-state index contributed by atoms with van der Waals surface area (Å²) in [6.07, 6.45) is 0.828. The number of non-ortho nitro benzene ring substituents is 1. The second-order valence-corrected chi connectivity index (χ2v) is 4.99. The highest BCUT2D eigenvalue weighted by Crippen LogP contribution is 2.30. The lowest BCUT2D eigenvalue weighted by Crippen LogP contribution is -2.10. The van der Waals surface area contributed by atoms with Crippen LogP contribution in [-0.4, -0.2) is 12.0 Å². The van der Waals surface area contributed by atoms with Crippen LogP contribution in [0.15, 0.2) is 18.2 Å². The van der Waals surface area contributed by atoms with Crippen LogP contribution in [0.1, 0.15) is 26.3 Å². The number of methoxy groups -OCH3 is 1. The van der Waals surface area contributed by atoms with Crippen molar-refractivity contribution in [3.05, 3.63) is 33.9 Å². The third-order valence-electron chi connectivity index (χ3n) is 2.20. The largest absolute Gasteiger partial charge is 0.496 e. The molecule has 4 heteroatoms. The van der Waals surface area contributed by atoms with Crippen molar-refractivity contribution in [2.24, 2.45) is 5.41 Å². The second kappa shape index (κ2) is 4.51. The standard InChI is InChI=1S/C12H17NO3/c1-12(2,3)8-9-5-6-10(13(14)15)7-11(9)16-4/h5-7H,8H2,1-4H3. The molecule has 0 saturated heterocycles. The first-order chi connectivity index (χ1) is 7.33. The van der Waals surface area contributed by atoms with Gasteiger partial charge in [0.15, 0.2) is 0 Å². The molecule has 0 spiro atoms. The molecule has 0 unspecified atom stereocenters. The number of nitrogens with zero attached hydrogens (tertiary/aromatic N) is 1. The topological polar surface area (TPSA) is 52.4 Å². The lowest BCUT2D eigenvalue weighted by molar-refractivity contribution is -0.384. The van der Waals surface area contributed by atoms with Gasteiger partial charge in [0.05, 0.1) is 18.1 Å². The minimum absolute atomic E-state index is 0.0644. The quantitative estimate of drug-likeness (QED) is 0.584. The van der Waals surface area contributed by atoms with E-state index in [2.05, 4.69) is 20.8 Å². The van der Waals surface area contributed by atoms with Crippen molar-refractivity contribution in [2.45, 2.75) is 27.2 Å². The van der Waals surface area contributed by atoms with Crippen LogP contribution >= 0.6 is 0 Å². The lowest BCUT2D eigenvalue weighted by atomic mass is 9.88. The number of nitro benzene ring substituents is 1.